The molecule has 0 bridgehead atoms. The van der Waals surface area contributed by atoms with E-state index >= 15 is 0 Å². The quantitative estimate of drug-likeness (QED) is 0.738. The first-order valence-electron chi connectivity index (χ1n) is 8.55. The van der Waals surface area contributed by atoms with Gasteiger partial charge in [0.05, 0.1) is 18.7 Å². The van der Waals surface area contributed by atoms with Crippen LogP contribution in [-0.4, -0.2) is 45.5 Å². The van der Waals surface area contributed by atoms with Gasteiger partial charge in [0.1, 0.15) is 11.6 Å². The standard InChI is InChI=1S/C19H20N4O2/c1-2-23-17-9-8-15(12-16(17)20-21-23)19(24)22-10-11-25-18(13-22)14-6-4-3-5-7-14/h3-9,12,18H,2,10-11,13H2,1H3. The molecular formula is C19H20N4O2. The van der Waals surface area contributed by atoms with Crippen LogP contribution < -0.4 is 0 Å². The van der Waals surface area contributed by atoms with Gasteiger partial charge in [-0.05, 0) is 30.7 Å². The largest absolute Gasteiger partial charge is 0.370 e. The van der Waals surface area contributed by atoms with Crippen molar-refractivity contribution >= 4 is 16.9 Å². The van der Waals surface area contributed by atoms with Crippen LogP contribution in [0.2, 0.25) is 0 Å². The Labute approximate surface area is 146 Å². The lowest BCUT2D eigenvalue weighted by molar-refractivity contribution is -0.0228. The van der Waals surface area contributed by atoms with Gasteiger partial charge in [-0.25, -0.2) is 4.68 Å². The molecule has 1 aliphatic heterocycles. The van der Waals surface area contributed by atoms with Gasteiger partial charge in [0, 0.05) is 18.7 Å². The van der Waals surface area contributed by atoms with Crippen molar-refractivity contribution in [2.24, 2.45) is 0 Å². The zero-order chi connectivity index (χ0) is 17.2. The molecule has 0 saturated carbocycles. The Hall–Kier alpha value is -2.73. The number of carbonyl (C=O) groups is 1. The summed E-state index contributed by atoms with van der Waals surface area (Å²) >= 11 is 0. The summed E-state index contributed by atoms with van der Waals surface area (Å²) in [6, 6.07) is 15.6. The topological polar surface area (TPSA) is 60.2 Å². The molecule has 1 fully saturated rings. The van der Waals surface area contributed by atoms with Crippen LogP contribution in [0.4, 0.5) is 0 Å². The van der Waals surface area contributed by atoms with Crippen molar-refractivity contribution in [1.29, 1.82) is 0 Å². The number of nitrogens with zero attached hydrogens (tertiary/aromatic N) is 4. The summed E-state index contributed by atoms with van der Waals surface area (Å²) in [5, 5.41) is 8.26. The van der Waals surface area contributed by atoms with Gasteiger partial charge in [-0.3, -0.25) is 4.79 Å². The number of hydrogen-bond acceptors (Lipinski definition) is 4. The van der Waals surface area contributed by atoms with Crippen LogP contribution in [0, 0.1) is 0 Å². The molecule has 128 valence electrons. The molecule has 1 saturated heterocycles. The van der Waals surface area contributed by atoms with Crippen molar-refractivity contribution in [3.63, 3.8) is 0 Å². The number of carbonyl (C=O) groups excluding carboxylic acids is 1. The summed E-state index contributed by atoms with van der Waals surface area (Å²) in [6.45, 7) is 4.47. The highest BCUT2D eigenvalue weighted by atomic mass is 16.5. The molecule has 1 aromatic heterocycles. The Bertz CT molecular complexity index is 891. The second kappa shape index (κ2) is 6.64. The van der Waals surface area contributed by atoms with Gasteiger partial charge < -0.3 is 9.64 Å². The van der Waals surface area contributed by atoms with Crippen LogP contribution in [-0.2, 0) is 11.3 Å². The highest BCUT2D eigenvalue weighted by molar-refractivity contribution is 5.97. The Kier molecular flexibility index (Phi) is 4.19. The number of ether oxygens (including phenoxy) is 1. The Balaban J connectivity index is 1.56. The number of rotatable bonds is 3. The number of aromatic nitrogens is 3. The molecule has 0 radical (unpaired) electrons. The molecule has 0 N–H and O–H groups in total. The Morgan fingerprint density at radius 1 is 1.24 bits per heavy atom. The van der Waals surface area contributed by atoms with E-state index in [1.54, 1.807) is 0 Å². The zero-order valence-corrected chi connectivity index (χ0v) is 14.1. The summed E-state index contributed by atoms with van der Waals surface area (Å²) in [7, 11) is 0. The van der Waals surface area contributed by atoms with Gasteiger partial charge in [0.2, 0.25) is 0 Å². The lowest BCUT2D eigenvalue weighted by atomic mass is 10.1. The predicted molar refractivity (Wildman–Crippen MR) is 94.2 cm³/mol. The molecule has 0 spiro atoms. The van der Waals surface area contributed by atoms with Crippen LogP contribution in [0.25, 0.3) is 11.0 Å². The number of benzene rings is 2. The summed E-state index contributed by atoms with van der Waals surface area (Å²) in [5.74, 6) is 0.0113. The van der Waals surface area contributed by atoms with E-state index in [9.17, 15) is 4.79 Å². The van der Waals surface area contributed by atoms with Gasteiger partial charge >= 0.3 is 0 Å². The van der Waals surface area contributed by atoms with Crippen LogP contribution in [0.5, 0.6) is 0 Å². The maximum absolute atomic E-state index is 12.9. The highest BCUT2D eigenvalue weighted by Gasteiger charge is 2.26. The van der Waals surface area contributed by atoms with E-state index in [1.165, 1.54) is 0 Å². The molecule has 2 aromatic carbocycles. The van der Waals surface area contributed by atoms with E-state index in [0.29, 0.717) is 25.3 Å². The zero-order valence-electron chi connectivity index (χ0n) is 14.1. The Morgan fingerprint density at radius 2 is 2.08 bits per heavy atom. The van der Waals surface area contributed by atoms with Gasteiger partial charge in [0.15, 0.2) is 0 Å². The molecule has 1 amide bonds. The smallest absolute Gasteiger partial charge is 0.254 e. The fraction of sp³-hybridized carbons (Fsp3) is 0.316. The predicted octanol–water partition coefficient (Wildman–Crippen LogP) is 2.66. The minimum Gasteiger partial charge on any atom is -0.370 e. The lowest BCUT2D eigenvalue weighted by Crippen LogP contribution is -2.42. The summed E-state index contributed by atoms with van der Waals surface area (Å²) in [6.07, 6.45) is -0.0800. The van der Waals surface area contributed by atoms with Crippen LogP contribution >= 0.6 is 0 Å². The molecule has 6 nitrogen and oxygen atoms in total. The van der Waals surface area contributed by atoms with E-state index in [1.807, 2.05) is 65.0 Å². The number of morpholine rings is 1. The van der Waals surface area contributed by atoms with Gasteiger partial charge in [-0.15, -0.1) is 5.10 Å². The monoisotopic (exact) mass is 336 g/mol. The molecule has 2 heterocycles. The van der Waals surface area contributed by atoms with Crippen LogP contribution in [0.15, 0.2) is 48.5 Å². The van der Waals surface area contributed by atoms with Gasteiger partial charge in [-0.2, -0.15) is 0 Å². The van der Waals surface area contributed by atoms with Crippen LogP contribution in [0.3, 0.4) is 0 Å². The minimum absolute atomic E-state index is 0.0113. The fourth-order valence-corrected chi connectivity index (χ4v) is 3.22. The maximum Gasteiger partial charge on any atom is 0.254 e. The van der Waals surface area contributed by atoms with Crippen LogP contribution in [0.1, 0.15) is 28.9 Å². The second-order valence-corrected chi connectivity index (χ2v) is 6.13. The van der Waals surface area contributed by atoms with Crippen molar-refractivity contribution in [3.8, 4) is 0 Å². The van der Waals surface area contributed by atoms with Crippen molar-refractivity contribution in [2.45, 2.75) is 19.6 Å². The first-order valence-corrected chi connectivity index (χ1v) is 8.55. The fourth-order valence-electron chi connectivity index (χ4n) is 3.22. The van der Waals surface area contributed by atoms with E-state index in [-0.39, 0.29) is 12.0 Å². The first kappa shape index (κ1) is 15.8. The lowest BCUT2D eigenvalue weighted by Gasteiger charge is -2.33. The summed E-state index contributed by atoms with van der Waals surface area (Å²) in [4.78, 5) is 14.8. The van der Waals surface area contributed by atoms with Crippen molar-refractivity contribution in [3.05, 3.63) is 59.7 Å². The average molecular weight is 336 g/mol. The van der Waals surface area contributed by atoms with Gasteiger partial charge in [-0.1, -0.05) is 35.5 Å². The number of amides is 1. The molecule has 4 rings (SSSR count). The molecule has 1 atom stereocenters. The molecule has 0 aliphatic carbocycles. The number of fused-ring (bicyclic) bond motifs is 1. The third-order valence-corrected chi connectivity index (χ3v) is 4.59. The minimum atomic E-state index is -0.0800. The van der Waals surface area contributed by atoms with E-state index in [0.717, 1.165) is 23.1 Å². The SMILES string of the molecule is CCn1nnc2cc(C(=O)N3CCOC(c4ccccc4)C3)ccc21. The molecule has 6 heteroatoms. The first-order chi connectivity index (χ1) is 12.3. The number of hydrogen-bond donors (Lipinski definition) is 0. The van der Waals surface area contributed by atoms with Crippen molar-refractivity contribution < 1.29 is 9.53 Å². The molecule has 25 heavy (non-hydrogen) atoms. The third kappa shape index (κ3) is 3.00. The van der Waals surface area contributed by atoms with E-state index in [4.69, 9.17) is 4.74 Å². The summed E-state index contributed by atoms with van der Waals surface area (Å²) in [5.41, 5.74) is 3.44. The number of aryl methyl sites for hydroxylation is 1. The average Bonchev–Trinajstić information content (AvgIpc) is 3.10. The van der Waals surface area contributed by atoms with Gasteiger partial charge in [0.25, 0.3) is 5.91 Å². The normalized spacial score (nSPS) is 17.8. The Morgan fingerprint density at radius 3 is 2.88 bits per heavy atom. The molecular weight excluding hydrogens is 316 g/mol. The molecule has 3 aromatic rings. The van der Waals surface area contributed by atoms with E-state index < -0.39 is 0 Å². The summed E-state index contributed by atoms with van der Waals surface area (Å²) < 4.78 is 7.67. The molecule has 1 aliphatic rings. The highest BCUT2D eigenvalue weighted by Crippen LogP contribution is 2.23. The van der Waals surface area contributed by atoms with E-state index in [2.05, 4.69) is 10.3 Å². The van der Waals surface area contributed by atoms with Crippen molar-refractivity contribution in [1.82, 2.24) is 19.9 Å². The maximum atomic E-state index is 12.9. The second-order valence-electron chi connectivity index (χ2n) is 6.13. The molecule has 1 unspecified atom stereocenters. The van der Waals surface area contributed by atoms with Crippen molar-refractivity contribution in [2.75, 3.05) is 19.7 Å². The third-order valence-electron chi connectivity index (χ3n) is 4.59.